The maximum atomic E-state index is 14.6. The first-order chi connectivity index (χ1) is 27.7. The van der Waals surface area contributed by atoms with E-state index in [9.17, 15) is 24.0 Å². The van der Waals surface area contributed by atoms with Crippen molar-refractivity contribution in [1.29, 1.82) is 0 Å². The molecule has 2 atom stereocenters. The fraction of sp³-hybridized carbons (Fsp3) is 0.205. The van der Waals surface area contributed by atoms with Gasteiger partial charge in [-0.05, 0) is 33.7 Å². The minimum Gasteiger partial charge on any atom is -0.461 e. The molecule has 57 heavy (non-hydrogen) atoms. The third kappa shape index (κ3) is 8.86. The zero-order valence-corrected chi connectivity index (χ0v) is 32.4. The smallest absolute Gasteiger partial charge is 0.356 e. The van der Waals surface area contributed by atoms with Crippen molar-refractivity contribution in [2.75, 3.05) is 19.0 Å². The lowest BCUT2D eigenvalue weighted by Gasteiger charge is -2.56. The molecule has 0 bridgehead atoms. The molecule has 290 valence electrons. The van der Waals surface area contributed by atoms with Crippen molar-refractivity contribution in [2.45, 2.75) is 36.7 Å². The lowest BCUT2D eigenvalue weighted by molar-refractivity contribution is -0.203. The zero-order chi connectivity index (χ0) is 39.8. The van der Waals surface area contributed by atoms with Gasteiger partial charge in [-0.3, -0.25) is 19.3 Å². The number of hydrogen-bond donors (Lipinski definition) is 1. The molecule has 2 amide bonds. The van der Waals surface area contributed by atoms with E-state index in [2.05, 4.69) is 5.32 Å². The van der Waals surface area contributed by atoms with Crippen molar-refractivity contribution in [3.63, 3.8) is 0 Å². The summed E-state index contributed by atoms with van der Waals surface area (Å²) in [6.07, 6.45) is -1.68. The second kappa shape index (κ2) is 17.8. The number of ether oxygens (including phenoxy) is 4. The molecule has 0 unspecified atom stereocenters. The number of fused-ring (bicyclic) bond motifs is 1. The van der Waals surface area contributed by atoms with Crippen molar-refractivity contribution >= 4 is 52.8 Å². The van der Waals surface area contributed by atoms with Gasteiger partial charge in [0.2, 0.25) is 5.91 Å². The first-order valence-electron chi connectivity index (χ1n) is 18.1. The minimum absolute atomic E-state index is 0.0553. The Morgan fingerprint density at radius 2 is 1.28 bits per heavy atom. The largest absolute Gasteiger partial charge is 0.461 e. The number of esters is 3. The Hall–Kier alpha value is -6.02. The number of amides is 2. The molecule has 13 heteroatoms. The molecule has 7 rings (SSSR count). The van der Waals surface area contributed by atoms with Crippen LogP contribution < -0.4 is 5.32 Å². The number of rotatable bonds is 15. The molecule has 2 aliphatic rings. The summed E-state index contributed by atoms with van der Waals surface area (Å²) in [5.41, 5.74) is 0.962. The molecule has 0 radical (unpaired) electrons. The number of nitrogens with zero attached hydrogens (tertiary/aromatic N) is 1. The summed E-state index contributed by atoms with van der Waals surface area (Å²) in [6.45, 7) is 0.254. The predicted molar refractivity (Wildman–Crippen MR) is 213 cm³/mol. The number of carbonyl (C=O) groups is 5. The molecule has 0 spiro atoms. The van der Waals surface area contributed by atoms with Crippen LogP contribution >= 0.6 is 23.1 Å². The Kier molecular flexibility index (Phi) is 12.3. The van der Waals surface area contributed by atoms with Crippen LogP contribution in [0.25, 0.3) is 0 Å². The summed E-state index contributed by atoms with van der Waals surface area (Å²) in [6, 6.07) is 40.3. The molecule has 3 heterocycles. The summed E-state index contributed by atoms with van der Waals surface area (Å²) >= 11 is 2.56. The van der Waals surface area contributed by atoms with Gasteiger partial charge in [0, 0.05) is 23.1 Å². The van der Waals surface area contributed by atoms with Crippen LogP contribution in [0.2, 0.25) is 0 Å². The van der Waals surface area contributed by atoms with Gasteiger partial charge >= 0.3 is 17.9 Å². The first kappa shape index (κ1) is 39.2. The van der Waals surface area contributed by atoms with Crippen LogP contribution in [0.3, 0.4) is 0 Å². The van der Waals surface area contributed by atoms with Crippen molar-refractivity contribution in [2.24, 2.45) is 0 Å². The second-order valence-electron chi connectivity index (χ2n) is 13.2. The normalized spacial score (nSPS) is 17.4. The van der Waals surface area contributed by atoms with E-state index in [1.54, 1.807) is 6.07 Å². The van der Waals surface area contributed by atoms with Gasteiger partial charge in [-0.1, -0.05) is 127 Å². The maximum absolute atomic E-state index is 14.6. The minimum atomic E-state index is -2.07. The average Bonchev–Trinajstić information content (AvgIpc) is 3.76. The first-order valence-corrected chi connectivity index (χ1v) is 20.0. The molecule has 0 aliphatic carbocycles. The highest BCUT2D eigenvalue weighted by Gasteiger charge is 2.67. The van der Waals surface area contributed by atoms with Crippen molar-refractivity contribution in [3.8, 4) is 0 Å². The third-order valence-corrected chi connectivity index (χ3v) is 11.5. The fourth-order valence-electron chi connectivity index (χ4n) is 6.65. The molecule has 1 N–H and O–H groups in total. The molecule has 1 aromatic heterocycles. The molecule has 4 aromatic carbocycles. The van der Waals surface area contributed by atoms with E-state index in [0.29, 0.717) is 16.7 Å². The number of carbonyl (C=O) groups excluding carboxylic acids is 5. The summed E-state index contributed by atoms with van der Waals surface area (Å²) in [5.74, 6) is -3.44. The molecular formula is C44H38N2O9S2. The Morgan fingerprint density at radius 3 is 1.77 bits per heavy atom. The van der Waals surface area contributed by atoms with Crippen LogP contribution in [-0.2, 0) is 49.3 Å². The van der Waals surface area contributed by atoms with Crippen LogP contribution in [-0.4, -0.2) is 64.7 Å². The van der Waals surface area contributed by atoms with E-state index in [1.165, 1.54) is 34.9 Å². The summed E-state index contributed by atoms with van der Waals surface area (Å²) < 4.78 is 23.7. The number of nitrogens with one attached hydrogen (secondary N) is 1. The van der Waals surface area contributed by atoms with Crippen LogP contribution in [0.4, 0.5) is 0 Å². The number of benzene rings is 4. The predicted octanol–water partition coefficient (Wildman–Crippen LogP) is 6.52. The summed E-state index contributed by atoms with van der Waals surface area (Å²) in [7, 11) is 0. The van der Waals surface area contributed by atoms with Gasteiger partial charge < -0.3 is 24.3 Å². The topological polar surface area (TPSA) is 138 Å². The highest BCUT2D eigenvalue weighted by atomic mass is 32.2. The second-order valence-corrected chi connectivity index (χ2v) is 15.3. The van der Waals surface area contributed by atoms with Crippen molar-refractivity contribution < 1.29 is 42.9 Å². The van der Waals surface area contributed by atoms with Gasteiger partial charge in [0.15, 0.2) is 12.2 Å². The molecule has 5 aromatic rings. The Morgan fingerprint density at radius 1 is 0.754 bits per heavy atom. The molecule has 11 nitrogen and oxygen atoms in total. The van der Waals surface area contributed by atoms with E-state index in [-0.39, 0.29) is 24.5 Å². The van der Waals surface area contributed by atoms with Crippen molar-refractivity contribution in [1.82, 2.24) is 10.2 Å². The molecule has 0 saturated carbocycles. The van der Waals surface area contributed by atoms with Crippen LogP contribution in [0.5, 0.6) is 0 Å². The van der Waals surface area contributed by atoms with E-state index in [0.717, 1.165) is 16.0 Å². The van der Waals surface area contributed by atoms with Gasteiger partial charge in [-0.15, -0.1) is 23.1 Å². The number of β-lactam (4-membered cyclic amide) rings is 1. The monoisotopic (exact) mass is 802 g/mol. The van der Waals surface area contributed by atoms with E-state index >= 15 is 0 Å². The van der Waals surface area contributed by atoms with Gasteiger partial charge in [0.25, 0.3) is 11.6 Å². The zero-order valence-electron chi connectivity index (χ0n) is 30.8. The van der Waals surface area contributed by atoms with Crippen LogP contribution in [0, 0.1) is 0 Å². The standard InChI is InChI=1S/C44H38N2O9S2/c1-29(47)52-26-34-28-57-43-44(45-36(48)25-35-23-14-24-56-35,53-27-37(49)54-39(30-15-6-2-7-16-30)31-17-8-3-9-18-31)42(51)46(43)38(34)41(50)55-40(32-19-10-4-11-20-32)33-21-12-5-13-22-33/h2-24,39-40,43H,25-28H2,1H3,(H,45,48)/t43-,44+/m1/s1. The molecule has 2 aliphatic heterocycles. The fourth-order valence-corrected chi connectivity index (χ4v) is 8.75. The van der Waals surface area contributed by atoms with Crippen molar-refractivity contribution in [3.05, 3.63) is 177 Å². The van der Waals surface area contributed by atoms with Crippen LogP contribution in [0.1, 0.15) is 46.3 Å². The van der Waals surface area contributed by atoms with E-state index < -0.39 is 59.6 Å². The molecule has 1 fully saturated rings. The lowest BCUT2D eigenvalue weighted by Crippen LogP contribution is -2.81. The number of thiophene rings is 1. The van der Waals surface area contributed by atoms with E-state index in [1.807, 2.05) is 133 Å². The SMILES string of the molecule is CC(=O)OCC1=C(C(=O)OC(c2ccccc2)c2ccccc2)N2C(=O)[C@](NC(=O)Cc3cccs3)(OCC(=O)OC(c3ccccc3)c3ccccc3)[C@H]2SC1. The van der Waals surface area contributed by atoms with Crippen LogP contribution in [0.15, 0.2) is 150 Å². The molecular weight excluding hydrogens is 765 g/mol. The quantitative estimate of drug-likeness (QED) is 0.0540. The van der Waals surface area contributed by atoms with Gasteiger partial charge in [0.1, 0.15) is 24.3 Å². The molecule has 1 saturated heterocycles. The van der Waals surface area contributed by atoms with Gasteiger partial charge in [-0.25, -0.2) is 9.59 Å². The van der Waals surface area contributed by atoms with Gasteiger partial charge in [0.05, 0.1) is 6.42 Å². The summed E-state index contributed by atoms with van der Waals surface area (Å²) in [4.78, 5) is 70.2. The highest BCUT2D eigenvalue weighted by Crippen LogP contribution is 2.48. The average molecular weight is 803 g/mol. The lowest BCUT2D eigenvalue weighted by atomic mass is 9.97. The third-order valence-electron chi connectivity index (χ3n) is 9.29. The number of hydrogen-bond acceptors (Lipinski definition) is 11. The summed E-state index contributed by atoms with van der Waals surface area (Å²) in [5, 5.41) is 3.59. The maximum Gasteiger partial charge on any atom is 0.356 e. The Bertz CT molecular complexity index is 2160. The van der Waals surface area contributed by atoms with E-state index in [4.69, 9.17) is 18.9 Å². The Labute approximate surface area is 337 Å². The highest BCUT2D eigenvalue weighted by molar-refractivity contribution is 8.00. The number of thioether (sulfide) groups is 1. The Balaban J connectivity index is 1.19. The van der Waals surface area contributed by atoms with Gasteiger partial charge in [-0.2, -0.15) is 0 Å².